The Morgan fingerprint density at radius 2 is 2.29 bits per heavy atom. The molecular weight excluding hydrogens is 232 g/mol. The summed E-state index contributed by atoms with van der Waals surface area (Å²) in [5.74, 6) is 0.521. The van der Waals surface area contributed by atoms with Crippen molar-refractivity contribution in [2.75, 3.05) is 5.73 Å². The van der Waals surface area contributed by atoms with E-state index < -0.39 is 0 Å². The first-order valence-electron chi connectivity index (χ1n) is 5.34. The van der Waals surface area contributed by atoms with Gasteiger partial charge in [0.2, 0.25) is 5.95 Å². The van der Waals surface area contributed by atoms with Crippen LogP contribution in [0.25, 0.3) is 11.2 Å². The fourth-order valence-corrected chi connectivity index (χ4v) is 2.54. The minimum absolute atomic E-state index is 0.521. The molecule has 0 atom stereocenters. The summed E-state index contributed by atoms with van der Waals surface area (Å²) in [6, 6.07) is 4.04. The summed E-state index contributed by atoms with van der Waals surface area (Å²) < 4.78 is 1.95. The van der Waals surface area contributed by atoms with Crippen molar-refractivity contribution in [3.8, 4) is 0 Å². The molecule has 0 aliphatic rings. The largest absolute Gasteiger partial charge is 0.369 e. The average Bonchev–Trinajstić information content (AvgIpc) is 2.91. The molecule has 0 radical (unpaired) electrons. The van der Waals surface area contributed by atoms with E-state index in [-0.39, 0.29) is 0 Å². The van der Waals surface area contributed by atoms with Crippen LogP contribution in [0, 0.1) is 6.92 Å². The number of aryl methyl sites for hydroxylation is 1. The number of pyridine rings is 1. The first-order chi connectivity index (χ1) is 8.25. The first kappa shape index (κ1) is 10.3. The van der Waals surface area contributed by atoms with Crippen LogP contribution in [-0.2, 0) is 6.54 Å². The van der Waals surface area contributed by atoms with Gasteiger partial charge in [0.05, 0.1) is 6.54 Å². The second kappa shape index (κ2) is 3.85. The fraction of sp³-hybridized carbons (Fsp3) is 0.167. The highest BCUT2D eigenvalue weighted by molar-refractivity contribution is 7.07. The summed E-state index contributed by atoms with van der Waals surface area (Å²) in [4.78, 5) is 8.74. The van der Waals surface area contributed by atoms with Crippen molar-refractivity contribution in [2.24, 2.45) is 0 Å². The highest BCUT2D eigenvalue weighted by Gasteiger charge is 2.11. The number of aromatic nitrogens is 3. The van der Waals surface area contributed by atoms with Gasteiger partial charge in [-0.15, -0.1) is 0 Å². The number of hydrogen-bond donors (Lipinski definition) is 1. The maximum absolute atomic E-state index is 5.95. The Kier molecular flexibility index (Phi) is 2.33. The van der Waals surface area contributed by atoms with Gasteiger partial charge in [0, 0.05) is 6.20 Å². The Morgan fingerprint density at radius 1 is 1.41 bits per heavy atom. The van der Waals surface area contributed by atoms with Gasteiger partial charge in [0.1, 0.15) is 5.52 Å². The number of fused-ring (bicyclic) bond motifs is 1. The third kappa shape index (κ3) is 1.68. The molecule has 0 saturated heterocycles. The van der Waals surface area contributed by atoms with Crippen LogP contribution in [0.5, 0.6) is 0 Å². The van der Waals surface area contributed by atoms with Crippen molar-refractivity contribution in [1.29, 1.82) is 0 Å². The van der Waals surface area contributed by atoms with E-state index in [4.69, 9.17) is 5.73 Å². The monoisotopic (exact) mass is 244 g/mol. The molecule has 3 rings (SSSR count). The summed E-state index contributed by atoms with van der Waals surface area (Å²) in [6.45, 7) is 2.74. The summed E-state index contributed by atoms with van der Waals surface area (Å²) in [7, 11) is 0. The van der Waals surface area contributed by atoms with Crippen LogP contribution in [0.3, 0.4) is 0 Å². The summed E-state index contributed by atoms with van der Waals surface area (Å²) >= 11 is 1.68. The van der Waals surface area contributed by atoms with E-state index in [1.165, 1.54) is 5.56 Å². The first-order valence-corrected chi connectivity index (χ1v) is 6.28. The molecule has 0 aliphatic carbocycles. The van der Waals surface area contributed by atoms with Gasteiger partial charge in [-0.05, 0) is 40.9 Å². The predicted molar refractivity (Wildman–Crippen MR) is 70.1 cm³/mol. The number of nitrogens with two attached hydrogens (primary N) is 1. The van der Waals surface area contributed by atoms with Crippen LogP contribution in [0.15, 0.2) is 29.1 Å². The smallest absolute Gasteiger partial charge is 0.202 e. The average molecular weight is 244 g/mol. The highest BCUT2D eigenvalue weighted by atomic mass is 32.1. The van der Waals surface area contributed by atoms with Crippen molar-refractivity contribution < 1.29 is 0 Å². The lowest BCUT2D eigenvalue weighted by Crippen LogP contribution is -2.04. The van der Waals surface area contributed by atoms with E-state index in [0.717, 1.165) is 23.3 Å². The lowest BCUT2D eigenvalue weighted by Gasteiger charge is -2.03. The molecule has 0 saturated carbocycles. The number of imidazole rings is 1. The number of hydrogen-bond acceptors (Lipinski definition) is 4. The molecule has 3 aromatic heterocycles. The molecule has 2 N–H and O–H groups in total. The van der Waals surface area contributed by atoms with Gasteiger partial charge in [-0.25, -0.2) is 9.97 Å². The van der Waals surface area contributed by atoms with Gasteiger partial charge in [0.25, 0.3) is 0 Å². The van der Waals surface area contributed by atoms with Gasteiger partial charge in [-0.1, -0.05) is 0 Å². The molecule has 0 aromatic carbocycles. The molecule has 86 valence electrons. The molecule has 3 aromatic rings. The molecule has 0 unspecified atom stereocenters. The summed E-state index contributed by atoms with van der Waals surface area (Å²) in [6.07, 6.45) is 1.79. The zero-order valence-corrected chi connectivity index (χ0v) is 10.2. The van der Waals surface area contributed by atoms with E-state index in [2.05, 4.69) is 26.8 Å². The molecule has 17 heavy (non-hydrogen) atoms. The molecule has 0 amide bonds. The Labute approximate surface area is 103 Å². The van der Waals surface area contributed by atoms with Gasteiger partial charge in [0.15, 0.2) is 5.65 Å². The van der Waals surface area contributed by atoms with Crippen molar-refractivity contribution in [3.63, 3.8) is 0 Å². The van der Waals surface area contributed by atoms with Crippen LogP contribution in [0.1, 0.15) is 11.1 Å². The number of nitrogen functional groups attached to an aromatic ring is 1. The van der Waals surface area contributed by atoms with E-state index in [0.29, 0.717) is 5.95 Å². The van der Waals surface area contributed by atoms with E-state index >= 15 is 0 Å². The zero-order chi connectivity index (χ0) is 11.8. The van der Waals surface area contributed by atoms with E-state index in [1.54, 1.807) is 17.5 Å². The van der Waals surface area contributed by atoms with Gasteiger partial charge in [-0.2, -0.15) is 11.3 Å². The van der Waals surface area contributed by atoms with E-state index in [9.17, 15) is 0 Å². The Bertz CT molecular complexity index is 655. The van der Waals surface area contributed by atoms with Crippen molar-refractivity contribution in [2.45, 2.75) is 13.5 Å². The van der Waals surface area contributed by atoms with Crippen molar-refractivity contribution in [3.05, 3.63) is 40.2 Å². The minimum Gasteiger partial charge on any atom is -0.369 e. The van der Waals surface area contributed by atoms with Crippen LogP contribution < -0.4 is 5.73 Å². The maximum atomic E-state index is 5.95. The lowest BCUT2D eigenvalue weighted by molar-refractivity contribution is 0.831. The minimum atomic E-state index is 0.521. The predicted octanol–water partition coefficient (Wildman–Crippen LogP) is 2.43. The molecule has 0 aliphatic heterocycles. The third-order valence-electron chi connectivity index (χ3n) is 2.79. The van der Waals surface area contributed by atoms with Gasteiger partial charge < -0.3 is 5.73 Å². The molecule has 0 fully saturated rings. The van der Waals surface area contributed by atoms with Gasteiger partial charge in [-0.3, -0.25) is 4.57 Å². The normalized spacial score (nSPS) is 11.1. The number of nitrogens with zero attached hydrogens (tertiary/aromatic N) is 3. The summed E-state index contributed by atoms with van der Waals surface area (Å²) in [5.41, 5.74) is 10.0. The quantitative estimate of drug-likeness (QED) is 0.753. The number of thiophene rings is 1. The lowest BCUT2D eigenvalue weighted by atomic mass is 10.3. The molecule has 0 bridgehead atoms. The third-order valence-corrected chi connectivity index (χ3v) is 3.52. The number of anilines is 1. The molecule has 3 heterocycles. The summed E-state index contributed by atoms with van der Waals surface area (Å²) in [5, 5.41) is 4.17. The van der Waals surface area contributed by atoms with E-state index in [1.807, 2.05) is 17.6 Å². The zero-order valence-electron chi connectivity index (χ0n) is 9.42. The van der Waals surface area contributed by atoms with Crippen LogP contribution in [0.4, 0.5) is 5.95 Å². The van der Waals surface area contributed by atoms with Crippen molar-refractivity contribution in [1.82, 2.24) is 14.5 Å². The van der Waals surface area contributed by atoms with Crippen LogP contribution in [-0.4, -0.2) is 14.5 Å². The second-order valence-electron chi connectivity index (χ2n) is 3.99. The Hall–Kier alpha value is -1.88. The Morgan fingerprint density at radius 3 is 3.06 bits per heavy atom. The topological polar surface area (TPSA) is 56.7 Å². The second-order valence-corrected chi connectivity index (χ2v) is 4.77. The molecular formula is C12H12N4S. The molecule has 0 spiro atoms. The van der Waals surface area contributed by atoms with Gasteiger partial charge >= 0.3 is 0 Å². The van der Waals surface area contributed by atoms with Crippen LogP contribution >= 0.6 is 11.3 Å². The number of rotatable bonds is 2. The van der Waals surface area contributed by atoms with Crippen molar-refractivity contribution >= 4 is 28.4 Å². The SMILES string of the molecule is Cc1ccnc2c1nc(N)n2Cc1ccsc1. The maximum Gasteiger partial charge on any atom is 0.202 e. The Balaban J connectivity index is 2.16. The standard InChI is InChI=1S/C12H12N4S/c1-8-2-4-14-11-10(8)15-12(13)16(11)6-9-3-5-17-7-9/h2-5,7H,6H2,1H3,(H2,13,15). The fourth-order valence-electron chi connectivity index (χ4n) is 1.88. The van der Waals surface area contributed by atoms with Crippen LogP contribution in [0.2, 0.25) is 0 Å². The highest BCUT2D eigenvalue weighted by Crippen LogP contribution is 2.20. The molecule has 5 heteroatoms. The molecule has 4 nitrogen and oxygen atoms in total.